The molecule has 2 atom stereocenters. The summed E-state index contributed by atoms with van der Waals surface area (Å²) in [5, 5.41) is 5.19. The molecule has 0 aliphatic heterocycles. The predicted octanol–water partition coefficient (Wildman–Crippen LogP) is 3.56. The zero-order valence-electron chi connectivity index (χ0n) is 15.4. The molecule has 0 fully saturated rings. The molecular weight excluding hydrogens is 387 g/mol. The van der Waals surface area contributed by atoms with Crippen LogP contribution in [0.4, 0.5) is 10.1 Å². The van der Waals surface area contributed by atoms with Crippen LogP contribution in [0, 0.1) is 5.82 Å². The van der Waals surface area contributed by atoms with E-state index in [9.17, 15) is 18.8 Å². The van der Waals surface area contributed by atoms with Crippen molar-refractivity contribution in [1.29, 1.82) is 0 Å². The van der Waals surface area contributed by atoms with Gasteiger partial charge in [-0.15, -0.1) is 0 Å². The van der Waals surface area contributed by atoms with Crippen LogP contribution < -0.4 is 10.6 Å². The highest BCUT2D eigenvalue weighted by atomic mass is 35.5. The van der Waals surface area contributed by atoms with Gasteiger partial charge in [0.2, 0.25) is 0 Å². The van der Waals surface area contributed by atoms with Crippen LogP contribution >= 0.6 is 11.6 Å². The maximum atomic E-state index is 13.0. The molecule has 2 rings (SSSR count). The van der Waals surface area contributed by atoms with E-state index in [1.807, 2.05) is 0 Å². The average molecular weight is 407 g/mol. The van der Waals surface area contributed by atoms with Crippen LogP contribution in [0.3, 0.4) is 0 Å². The van der Waals surface area contributed by atoms with Gasteiger partial charge >= 0.3 is 5.97 Å². The number of rotatable bonds is 7. The van der Waals surface area contributed by atoms with E-state index in [1.54, 1.807) is 37.3 Å². The Kier molecular flexibility index (Phi) is 7.52. The zero-order valence-corrected chi connectivity index (χ0v) is 16.1. The molecule has 0 aromatic heterocycles. The maximum Gasteiger partial charge on any atom is 0.308 e. The van der Waals surface area contributed by atoms with E-state index in [0.29, 0.717) is 5.56 Å². The second kappa shape index (κ2) is 9.85. The first-order valence-corrected chi connectivity index (χ1v) is 8.95. The molecule has 2 amide bonds. The van der Waals surface area contributed by atoms with Crippen LogP contribution in [0.5, 0.6) is 0 Å². The summed E-state index contributed by atoms with van der Waals surface area (Å²) < 4.78 is 18.1. The number of amides is 2. The molecule has 0 heterocycles. The van der Waals surface area contributed by atoms with Crippen molar-refractivity contribution >= 4 is 35.1 Å². The maximum absolute atomic E-state index is 13.0. The van der Waals surface area contributed by atoms with Crippen LogP contribution in [0.25, 0.3) is 0 Å². The fourth-order valence-corrected chi connectivity index (χ4v) is 2.54. The molecular formula is C20H20ClFN2O4. The summed E-state index contributed by atoms with van der Waals surface area (Å²) in [6.45, 7) is 3.06. The van der Waals surface area contributed by atoms with Crippen LogP contribution in [-0.2, 0) is 14.3 Å². The Hall–Kier alpha value is -2.93. The molecule has 28 heavy (non-hydrogen) atoms. The Balaban J connectivity index is 1.82. The van der Waals surface area contributed by atoms with Gasteiger partial charge in [0.05, 0.1) is 17.1 Å². The lowest BCUT2D eigenvalue weighted by Crippen LogP contribution is -2.36. The summed E-state index contributed by atoms with van der Waals surface area (Å²) in [5.41, 5.74) is 0.686. The summed E-state index contributed by atoms with van der Waals surface area (Å²) >= 11 is 5.85. The van der Waals surface area contributed by atoms with Crippen molar-refractivity contribution in [2.75, 3.05) is 5.32 Å². The van der Waals surface area contributed by atoms with Gasteiger partial charge in [-0.1, -0.05) is 29.8 Å². The molecule has 2 aromatic carbocycles. The van der Waals surface area contributed by atoms with Crippen molar-refractivity contribution in [3.05, 3.63) is 64.9 Å². The van der Waals surface area contributed by atoms with Crippen molar-refractivity contribution in [2.45, 2.75) is 32.4 Å². The summed E-state index contributed by atoms with van der Waals surface area (Å²) in [7, 11) is 0. The van der Waals surface area contributed by atoms with E-state index >= 15 is 0 Å². The van der Waals surface area contributed by atoms with Gasteiger partial charge in [-0.2, -0.15) is 0 Å². The molecule has 0 spiro atoms. The van der Waals surface area contributed by atoms with Crippen molar-refractivity contribution in [3.8, 4) is 0 Å². The van der Waals surface area contributed by atoms with E-state index in [1.165, 1.54) is 13.0 Å². The van der Waals surface area contributed by atoms with Crippen LogP contribution in [-0.4, -0.2) is 29.9 Å². The molecule has 2 aromatic rings. The van der Waals surface area contributed by atoms with Gasteiger partial charge in [-0.25, -0.2) is 4.39 Å². The lowest BCUT2D eigenvalue weighted by molar-refractivity contribution is -0.153. The molecule has 0 aliphatic carbocycles. The van der Waals surface area contributed by atoms with E-state index in [4.69, 9.17) is 16.3 Å². The SMILES string of the molecule is CC(CC(=O)OC(C)C(=O)Nc1ccc(F)cc1Cl)NC(=O)c1ccccc1. The molecule has 148 valence electrons. The highest BCUT2D eigenvalue weighted by Crippen LogP contribution is 2.22. The quantitative estimate of drug-likeness (QED) is 0.688. The van der Waals surface area contributed by atoms with E-state index in [0.717, 1.165) is 12.1 Å². The van der Waals surface area contributed by atoms with Gasteiger partial charge in [0.1, 0.15) is 5.82 Å². The Morgan fingerprint density at radius 2 is 1.79 bits per heavy atom. The highest BCUT2D eigenvalue weighted by molar-refractivity contribution is 6.33. The van der Waals surface area contributed by atoms with Crippen molar-refractivity contribution in [1.82, 2.24) is 5.32 Å². The minimum absolute atomic E-state index is 0.0316. The number of nitrogens with one attached hydrogen (secondary N) is 2. The third kappa shape index (κ3) is 6.35. The summed E-state index contributed by atoms with van der Waals surface area (Å²) in [4.78, 5) is 36.2. The lowest BCUT2D eigenvalue weighted by atomic mass is 10.2. The fraction of sp³-hybridized carbons (Fsp3) is 0.250. The second-order valence-corrected chi connectivity index (χ2v) is 6.60. The molecule has 2 N–H and O–H groups in total. The summed E-state index contributed by atoms with van der Waals surface area (Å²) in [6, 6.07) is 11.6. The van der Waals surface area contributed by atoms with Crippen LogP contribution in [0.1, 0.15) is 30.6 Å². The largest absolute Gasteiger partial charge is 0.452 e. The van der Waals surface area contributed by atoms with Gasteiger partial charge < -0.3 is 15.4 Å². The molecule has 2 unspecified atom stereocenters. The van der Waals surface area contributed by atoms with Crippen molar-refractivity contribution in [3.63, 3.8) is 0 Å². The molecule has 0 saturated heterocycles. The first-order valence-electron chi connectivity index (χ1n) is 8.57. The zero-order chi connectivity index (χ0) is 20.7. The first kappa shape index (κ1) is 21.4. The van der Waals surface area contributed by atoms with Crippen molar-refractivity contribution in [2.24, 2.45) is 0 Å². The van der Waals surface area contributed by atoms with Gasteiger partial charge in [0, 0.05) is 11.6 Å². The lowest BCUT2D eigenvalue weighted by Gasteiger charge is -2.17. The van der Waals surface area contributed by atoms with Crippen LogP contribution in [0.2, 0.25) is 5.02 Å². The average Bonchev–Trinajstić information content (AvgIpc) is 2.64. The smallest absolute Gasteiger partial charge is 0.308 e. The highest BCUT2D eigenvalue weighted by Gasteiger charge is 2.21. The number of hydrogen-bond acceptors (Lipinski definition) is 4. The minimum atomic E-state index is -1.09. The number of hydrogen-bond donors (Lipinski definition) is 2. The topological polar surface area (TPSA) is 84.5 Å². The van der Waals surface area contributed by atoms with Gasteiger partial charge in [0.25, 0.3) is 11.8 Å². The molecule has 0 bridgehead atoms. The molecule has 8 heteroatoms. The van der Waals surface area contributed by atoms with E-state index < -0.39 is 29.8 Å². The van der Waals surface area contributed by atoms with Gasteiger partial charge in [-0.05, 0) is 44.2 Å². The summed E-state index contributed by atoms with van der Waals surface area (Å²) in [6.07, 6.45) is -1.20. The normalized spacial score (nSPS) is 12.6. The number of ether oxygens (including phenoxy) is 1. The second-order valence-electron chi connectivity index (χ2n) is 6.19. The van der Waals surface area contributed by atoms with Crippen molar-refractivity contribution < 1.29 is 23.5 Å². The molecule has 0 saturated carbocycles. The Bertz CT molecular complexity index is 861. The molecule has 0 radical (unpaired) electrons. The Labute approximate surface area is 167 Å². The fourth-order valence-electron chi connectivity index (χ4n) is 2.32. The standard InChI is InChI=1S/C20H20ClFN2O4/c1-12(23-20(27)14-6-4-3-5-7-14)10-18(25)28-13(2)19(26)24-17-9-8-15(22)11-16(17)21/h3-9,11-13H,10H2,1-2H3,(H,23,27)(H,24,26). The van der Waals surface area contributed by atoms with Gasteiger partial charge in [0.15, 0.2) is 6.10 Å². The summed E-state index contributed by atoms with van der Waals surface area (Å²) in [5.74, 6) is -2.09. The predicted molar refractivity (Wildman–Crippen MR) is 104 cm³/mol. The van der Waals surface area contributed by atoms with E-state index in [-0.39, 0.29) is 23.0 Å². The third-order valence-electron chi connectivity index (χ3n) is 3.75. The first-order chi connectivity index (χ1) is 13.3. The van der Waals surface area contributed by atoms with E-state index in [2.05, 4.69) is 10.6 Å². The monoisotopic (exact) mass is 406 g/mol. The number of anilines is 1. The van der Waals surface area contributed by atoms with Gasteiger partial charge in [-0.3, -0.25) is 14.4 Å². The number of carbonyl (C=O) groups is 3. The van der Waals surface area contributed by atoms with Crippen LogP contribution in [0.15, 0.2) is 48.5 Å². The Morgan fingerprint density at radius 1 is 1.11 bits per heavy atom. The number of carbonyl (C=O) groups excluding carboxylic acids is 3. The minimum Gasteiger partial charge on any atom is -0.452 e. The number of esters is 1. The number of halogens is 2. The molecule has 0 aliphatic rings. The Morgan fingerprint density at radius 3 is 2.43 bits per heavy atom. The number of benzene rings is 2. The third-order valence-corrected chi connectivity index (χ3v) is 4.07. The molecule has 6 nitrogen and oxygen atoms in total.